The van der Waals surface area contributed by atoms with Crippen molar-refractivity contribution < 1.29 is 9.47 Å². The van der Waals surface area contributed by atoms with E-state index in [-0.39, 0.29) is 5.41 Å². The van der Waals surface area contributed by atoms with Crippen LogP contribution in [0.2, 0.25) is 0 Å². The first-order valence-corrected chi connectivity index (χ1v) is 11.9. The van der Waals surface area contributed by atoms with E-state index < -0.39 is 5.72 Å². The van der Waals surface area contributed by atoms with E-state index in [9.17, 15) is 0 Å². The van der Waals surface area contributed by atoms with E-state index in [4.69, 9.17) is 14.5 Å². The van der Waals surface area contributed by atoms with Crippen LogP contribution in [0.15, 0.2) is 59.7 Å². The van der Waals surface area contributed by atoms with Gasteiger partial charge in [0, 0.05) is 35.2 Å². The van der Waals surface area contributed by atoms with Gasteiger partial charge in [-0.3, -0.25) is 4.99 Å². The number of nitrogens with one attached hydrogen (secondary N) is 1. The zero-order chi connectivity index (χ0) is 22.2. The van der Waals surface area contributed by atoms with Gasteiger partial charge in [-0.15, -0.1) is 0 Å². The van der Waals surface area contributed by atoms with E-state index in [0.717, 1.165) is 46.3 Å². The lowest BCUT2D eigenvalue weighted by Gasteiger charge is -2.50. The fourth-order valence-corrected chi connectivity index (χ4v) is 6.55. The van der Waals surface area contributed by atoms with E-state index in [2.05, 4.69) is 71.7 Å². The van der Waals surface area contributed by atoms with Crippen molar-refractivity contribution in [3.8, 4) is 11.5 Å². The first-order valence-electron chi connectivity index (χ1n) is 11.9. The average Bonchev–Trinajstić information content (AvgIpc) is 3.39. The maximum Gasteiger partial charge on any atom is 0.229 e. The zero-order valence-corrected chi connectivity index (χ0v) is 19.0. The van der Waals surface area contributed by atoms with Crippen LogP contribution in [-0.4, -0.2) is 31.1 Å². The summed E-state index contributed by atoms with van der Waals surface area (Å²) in [5.74, 6) is 1.78. The SMILES string of the molecule is COc1ccc2c(c1)C1(CCCCC1)C1(C=Nc3ccc4cc5[nH]ccc5cc4c3O1)N2C. The van der Waals surface area contributed by atoms with Crippen LogP contribution in [0.3, 0.4) is 0 Å². The number of hydrogen-bond acceptors (Lipinski definition) is 4. The lowest BCUT2D eigenvalue weighted by atomic mass is 9.64. The van der Waals surface area contributed by atoms with Crippen LogP contribution in [0.5, 0.6) is 11.5 Å². The first kappa shape index (κ1) is 19.0. The predicted molar refractivity (Wildman–Crippen MR) is 133 cm³/mol. The van der Waals surface area contributed by atoms with E-state index in [0.29, 0.717) is 0 Å². The number of ether oxygens (including phenoxy) is 2. The molecule has 0 amide bonds. The minimum absolute atomic E-state index is 0.161. The molecule has 5 heteroatoms. The van der Waals surface area contributed by atoms with Crippen LogP contribution in [0.25, 0.3) is 21.7 Å². The standard InChI is InChI=1S/C28H27N3O2/c1-31-25-9-7-20(32-2)16-22(25)27(11-4-3-5-12-27)28(31)17-30-23-8-6-18-15-24-19(10-13-29-24)14-21(18)26(23)33-28/h6-10,13-17,29H,3-5,11-12H2,1-2H3. The number of anilines is 1. The van der Waals surface area contributed by atoms with Gasteiger partial charge in [0.05, 0.1) is 18.7 Å². The van der Waals surface area contributed by atoms with Crippen LogP contribution in [0, 0.1) is 0 Å². The summed E-state index contributed by atoms with van der Waals surface area (Å²) in [6, 6.07) is 17.2. The summed E-state index contributed by atoms with van der Waals surface area (Å²) in [7, 11) is 3.90. The van der Waals surface area contributed by atoms with Crippen molar-refractivity contribution in [2.24, 2.45) is 4.99 Å². The highest BCUT2D eigenvalue weighted by Gasteiger charge is 2.63. The number of nitrogens with zero attached hydrogens (tertiary/aromatic N) is 2. The van der Waals surface area contributed by atoms with Crippen LogP contribution >= 0.6 is 0 Å². The van der Waals surface area contributed by atoms with Gasteiger partial charge in [0.25, 0.3) is 0 Å². The highest BCUT2D eigenvalue weighted by Crippen LogP contribution is 2.60. The Morgan fingerprint density at radius 3 is 2.73 bits per heavy atom. The minimum atomic E-state index is -0.656. The predicted octanol–water partition coefficient (Wildman–Crippen LogP) is 6.47. The number of methoxy groups -OCH3 is 1. The molecule has 1 atom stereocenters. The van der Waals surface area contributed by atoms with Crippen molar-refractivity contribution in [3.05, 3.63) is 60.3 Å². The van der Waals surface area contributed by atoms with Gasteiger partial charge in [-0.1, -0.05) is 25.3 Å². The van der Waals surface area contributed by atoms with Gasteiger partial charge in [-0.25, -0.2) is 0 Å². The Balaban J connectivity index is 1.47. The molecule has 4 aromatic rings. The number of rotatable bonds is 1. The highest BCUT2D eigenvalue weighted by molar-refractivity contribution is 6.03. The second-order valence-electron chi connectivity index (χ2n) is 9.69. The number of fused-ring (bicyclic) bond motifs is 7. The number of aromatic amines is 1. The molecular weight excluding hydrogens is 410 g/mol. The molecule has 1 aliphatic carbocycles. The van der Waals surface area contributed by atoms with E-state index in [1.54, 1.807) is 7.11 Å². The molecule has 1 N–H and O–H groups in total. The van der Waals surface area contributed by atoms with E-state index in [1.807, 2.05) is 6.20 Å². The zero-order valence-electron chi connectivity index (χ0n) is 19.0. The molecule has 1 unspecified atom stereocenters. The molecule has 1 saturated carbocycles. The Bertz CT molecular complexity index is 1450. The number of likely N-dealkylation sites (N-methyl/N-ethyl adjacent to an activating group) is 1. The molecule has 1 fully saturated rings. The lowest BCUT2D eigenvalue weighted by molar-refractivity contribution is 0.0411. The Hall–Kier alpha value is -3.47. The molecule has 0 radical (unpaired) electrons. The molecule has 7 rings (SSSR count). The maximum absolute atomic E-state index is 7.21. The van der Waals surface area contributed by atoms with Gasteiger partial charge in [0.15, 0.2) is 5.75 Å². The molecule has 2 spiro atoms. The molecule has 0 saturated heterocycles. The lowest BCUT2D eigenvalue weighted by Crippen LogP contribution is -2.63. The normalized spacial score (nSPS) is 22.7. The van der Waals surface area contributed by atoms with Gasteiger partial charge >= 0.3 is 0 Å². The fourth-order valence-electron chi connectivity index (χ4n) is 6.55. The summed E-state index contributed by atoms with van der Waals surface area (Å²) in [5, 5.41) is 3.46. The van der Waals surface area contributed by atoms with Crippen LogP contribution in [-0.2, 0) is 5.41 Å². The van der Waals surface area contributed by atoms with Gasteiger partial charge in [0.2, 0.25) is 5.72 Å². The molecule has 166 valence electrons. The average molecular weight is 438 g/mol. The summed E-state index contributed by atoms with van der Waals surface area (Å²) in [6.45, 7) is 0. The monoisotopic (exact) mass is 437 g/mol. The molecular formula is C28H27N3O2. The molecule has 2 aliphatic heterocycles. The number of aliphatic imine (C=N–C) groups is 1. The van der Waals surface area contributed by atoms with E-state index >= 15 is 0 Å². The van der Waals surface area contributed by atoms with Crippen LogP contribution in [0.1, 0.15) is 37.7 Å². The molecule has 3 heterocycles. The Kier molecular flexibility index (Phi) is 3.77. The van der Waals surface area contributed by atoms with Crippen molar-refractivity contribution in [2.75, 3.05) is 19.1 Å². The van der Waals surface area contributed by atoms with E-state index in [1.165, 1.54) is 35.9 Å². The summed E-state index contributed by atoms with van der Waals surface area (Å²) in [4.78, 5) is 10.7. The summed E-state index contributed by atoms with van der Waals surface area (Å²) in [6.07, 6.45) is 9.86. The number of H-pyrrole nitrogens is 1. The topological polar surface area (TPSA) is 49.9 Å². The highest BCUT2D eigenvalue weighted by atomic mass is 16.5. The van der Waals surface area contributed by atoms with Crippen molar-refractivity contribution >= 4 is 39.3 Å². The van der Waals surface area contributed by atoms with Crippen molar-refractivity contribution in [1.82, 2.24) is 4.98 Å². The third kappa shape index (κ3) is 2.35. The second kappa shape index (κ2) is 6.53. The number of benzene rings is 3. The van der Waals surface area contributed by atoms with Gasteiger partial charge < -0.3 is 19.4 Å². The molecule has 3 aliphatic rings. The summed E-state index contributed by atoms with van der Waals surface area (Å²) >= 11 is 0. The quantitative estimate of drug-likeness (QED) is 0.371. The summed E-state index contributed by atoms with van der Waals surface area (Å²) in [5.41, 5.74) is 3.75. The first-order chi connectivity index (χ1) is 16.1. The van der Waals surface area contributed by atoms with Gasteiger partial charge in [-0.05, 0) is 66.3 Å². The Morgan fingerprint density at radius 1 is 1.00 bits per heavy atom. The van der Waals surface area contributed by atoms with Crippen molar-refractivity contribution in [2.45, 2.75) is 43.2 Å². The largest absolute Gasteiger partial charge is 0.497 e. The van der Waals surface area contributed by atoms with Crippen LogP contribution < -0.4 is 14.4 Å². The molecule has 33 heavy (non-hydrogen) atoms. The Labute approximate surface area is 193 Å². The molecule has 5 nitrogen and oxygen atoms in total. The smallest absolute Gasteiger partial charge is 0.229 e. The van der Waals surface area contributed by atoms with Crippen molar-refractivity contribution in [3.63, 3.8) is 0 Å². The van der Waals surface area contributed by atoms with Crippen LogP contribution in [0.4, 0.5) is 11.4 Å². The molecule has 1 aromatic heterocycles. The number of hydrogen-bond donors (Lipinski definition) is 1. The fraction of sp³-hybridized carbons (Fsp3) is 0.321. The minimum Gasteiger partial charge on any atom is -0.497 e. The molecule has 3 aromatic carbocycles. The third-order valence-electron chi connectivity index (χ3n) is 8.23. The molecule has 0 bridgehead atoms. The second-order valence-corrected chi connectivity index (χ2v) is 9.69. The number of aromatic nitrogens is 1. The summed E-state index contributed by atoms with van der Waals surface area (Å²) < 4.78 is 12.8. The third-order valence-corrected chi connectivity index (χ3v) is 8.23. The van der Waals surface area contributed by atoms with Gasteiger partial charge in [0.1, 0.15) is 11.4 Å². The Morgan fingerprint density at radius 2 is 1.88 bits per heavy atom. The van der Waals surface area contributed by atoms with Crippen molar-refractivity contribution in [1.29, 1.82) is 0 Å². The maximum atomic E-state index is 7.21. The van der Waals surface area contributed by atoms with Gasteiger partial charge in [-0.2, -0.15) is 0 Å².